The normalized spacial score (nSPS) is 11.4. The van der Waals surface area contributed by atoms with Crippen LogP contribution in [0.25, 0.3) is 0 Å². The molecule has 9 nitrogen and oxygen atoms in total. The van der Waals surface area contributed by atoms with Gasteiger partial charge >= 0.3 is 0 Å². The number of nitrogens with two attached hydrogens (primary N) is 2. The molecule has 0 bridgehead atoms. The first-order chi connectivity index (χ1) is 7.92. The second-order valence-corrected chi connectivity index (χ2v) is 5.01. The summed E-state index contributed by atoms with van der Waals surface area (Å²) in [4.78, 5) is 11.5. The maximum Gasteiger partial charge on any atom is 0.273 e. The maximum absolute atomic E-state index is 11.5. The quantitative estimate of drug-likeness (QED) is 0.506. The lowest BCUT2D eigenvalue weighted by Gasteiger charge is -2.00. The second kappa shape index (κ2) is 5.70. The number of amides is 1. The third-order valence-electron chi connectivity index (χ3n) is 1.80. The molecule has 17 heavy (non-hydrogen) atoms. The van der Waals surface area contributed by atoms with Crippen molar-refractivity contribution >= 4 is 15.9 Å². The van der Waals surface area contributed by atoms with Crippen molar-refractivity contribution < 1.29 is 13.2 Å². The van der Waals surface area contributed by atoms with Gasteiger partial charge in [0.1, 0.15) is 0 Å². The molecular formula is C7H14N6O3S. The molecule has 1 aromatic heterocycles. The van der Waals surface area contributed by atoms with E-state index in [2.05, 4.69) is 15.6 Å². The zero-order valence-corrected chi connectivity index (χ0v) is 9.85. The Hall–Kier alpha value is -1.52. The van der Waals surface area contributed by atoms with Gasteiger partial charge in [0, 0.05) is 13.1 Å². The Labute approximate surface area is 98.2 Å². The van der Waals surface area contributed by atoms with Gasteiger partial charge in [-0.15, -0.1) is 5.10 Å². The first-order valence-corrected chi connectivity index (χ1v) is 6.53. The van der Waals surface area contributed by atoms with Crippen molar-refractivity contribution in [3.8, 4) is 0 Å². The highest BCUT2D eigenvalue weighted by Gasteiger charge is 2.11. The zero-order valence-electron chi connectivity index (χ0n) is 9.04. The Balaban J connectivity index is 2.46. The topological polar surface area (TPSA) is 146 Å². The largest absolute Gasteiger partial charge is 0.350 e. The summed E-state index contributed by atoms with van der Waals surface area (Å²) < 4.78 is 22.7. The number of nitrogens with zero attached hydrogens (tertiary/aromatic N) is 3. The monoisotopic (exact) mass is 262 g/mol. The number of nitrogens with one attached hydrogen (secondary N) is 1. The van der Waals surface area contributed by atoms with Crippen LogP contribution in [0.5, 0.6) is 0 Å². The molecule has 0 unspecified atom stereocenters. The summed E-state index contributed by atoms with van der Waals surface area (Å²) in [6, 6.07) is 0. The fourth-order valence-electron chi connectivity index (χ4n) is 1.04. The standard InChI is InChI=1S/C7H14N6O3S/c8-1-3-13-5-6(11-12-13)7(14)10-2-4-17(9,15)16/h5H,1-4,8H2,(H,10,14)(H2,9,15,16). The lowest BCUT2D eigenvalue weighted by molar-refractivity contribution is 0.0951. The average molecular weight is 262 g/mol. The summed E-state index contributed by atoms with van der Waals surface area (Å²) in [5, 5.41) is 14.4. The van der Waals surface area contributed by atoms with E-state index in [1.165, 1.54) is 10.9 Å². The number of aromatic nitrogens is 3. The van der Waals surface area contributed by atoms with Crippen LogP contribution in [-0.2, 0) is 16.6 Å². The molecule has 0 radical (unpaired) electrons. The zero-order chi connectivity index (χ0) is 12.9. The highest BCUT2D eigenvalue weighted by atomic mass is 32.2. The molecule has 5 N–H and O–H groups in total. The van der Waals surface area contributed by atoms with E-state index in [1.807, 2.05) is 0 Å². The van der Waals surface area contributed by atoms with Crippen LogP contribution in [0.3, 0.4) is 0 Å². The molecule has 0 saturated carbocycles. The predicted octanol–water partition coefficient (Wildman–Crippen LogP) is -2.74. The van der Waals surface area contributed by atoms with E-state index in [0.29, 0.717) is 13.1 Å². The molecule has 1 aromatic rings. The lowest BCUT2D eigenvalue weighted by Crippen LogP contribution is -2.31. The molecule has 0 fully saturated rings. The summed E-state index contributed by atoms with van der Waals surface area (Å²) in [5.41, 5.74) is 5.41. The van der Waals surface area contributed by atoms with Crippen molar-refractivity contribution in [2.24, 2.45) is 10.9 Å². The van der Waals surface area contributed by atoms with E-state index in [9.17, 15) is 13.2 Å². The van der Waals surface area contributed by atoms with Crippen molar-refractivity contribution in [2.45, 2.75) is 6.54 Å². The number of sulfonamides is 1. The number of hydrogen-bond acceptors (Lipinski definition) is 6. The molecule has 0 spiro atoms. The van der Waals surface area contributed by atoms with Crippen molar-refractivity contribution in [3.05, 3.63) is 11.9 Å². The van der Waals surface area contributed by atoms with Gasteiger partial charge in [-0.25, -0.2) is 13.6 Å². The van der Waals surface area contributed by atoms with E-state index in [1.54, 1.807) is 0 Å². The lowest BCUT2D eigenvalue weighted by atomic mass is 10.4. The number of primary sulfonamides is 1. The Morgan fingerprint density at radius 1 is 1.53 bits per heavy atom. The second-order valence-electron chi connectivity index (χ2n) is 3.28. The Morgan fingerprint density at radius 2 is 2.24 bits per heavy atom. The van der Waals surface area contributed by atoms with E-state index in [-0.39, 0.29) is 18.0 Å². The summed E-state index contributed by atoms with van der Waals surface area (Å²) >= 11 is 0. The fraction of sp³-hybridized carbons (Fsp3) is 0.571. The summed E-state index contributed by atoms with van der Waals surface area (Å²) in [7, 11) is -3.58. The Kier molecular flexibility index (Phi) is 4.54. The summed E-state index contributed by atoms with van der Waals surface area (Å²) in [6.45, 7) is 0.773. The molecule has 1 rings (SSSR count). The molecular weight excluding hydrogens is 248 g/mol. The molecule has 0 atom stereocenters. The molecule has 0 aliphatic heterocycles. The van der Waals surface area contributed by atoms with Gasteiger partial charge in [0.25, 0.3) is 5.91 Å². The first-order valence-electron chi connectivity index (χ1n) is 4.81. The van der Waals surface area contributed by atoms with Gasteiger partial charge in [0.15, 0.2) is 5.69 Å². The van der Waals surface area contributed by atoms with Gasteiger partial charge in [-0.05, 0) is 0 Å². The van der Waals surface area contributed by atoms with E-state index in [0.717, 1.165) is 0 Å². The molecule has 0 aromatic carbocycles. The van der Waals surface area contributed by atoms with Crippen molar-refractivity contribution in [1.82, 2.24) is 20.3 Å². The van der Waals surface area contributed by atoms with Crippen LogP contribution in [0.1, 0.15) is 10.5 Å². The smallest absolute Gasteiger partial charge is 0.273 e. The van der Waals surface area contributed by atoms with E-state index in [4.69, 9.17) is 10.9 Å². The van der Waals surface area contributed by atoms with Crippen LogP contribution in [0, 0.1) is 0 Å². The van der Waals surface area contributed by atoms with Gasteiger partial charge in [-0.3, -0.25) is 9.48 Å². The third-order valence-corrected chi connectivity index (χ3v) is 2.57. The maximum atomic E-state index is 11.5. The molecule has 0 aliphatic carbocycles. The fourth-order valence-corrected chi connectivity index (χ4v) is 1.43. The van der Waals surface area contributed by atoms with Gasteiger partial charge in [-0.2, -0.15) is 0 Å². The molecule has 1 heterocycles. The number of carbonyl (C=O) groups excluding carboxylic acids is 1. The van der Waals surface area contributed by atoms with Crippen molar-refractivity contribution in [2.75, 3.05) is 18.8 Å². The highest BCUT2D eigenvalue weighted by Crippen LogP contribution is 1.92. The number of carbonyl (C=O) groups is 1. The van der Waals surface area contributed by atoms with Crippen LogP contribution in [0.2, 0.25) is 0 Å². The molecule has 10 heteroatoms. The van der Waals surface area contributed by atoms with Crippen LogP contribution in [0.4, 0.5) is 0 Å². The van der Waals surface area contributed by atoms with Crippen LogP contribution in [0.15, 0.2) is 6.20 Å². The number of hydrogen-bond donors (Lipinski definition) is 3. The SMILES string of the molecule is NCCn1cc(C(=O)NCCS(N)(=O)=O)nn1. The summed E-state index contributed by atoms with van der Waals surface area (Å²) in [5.74, 6) is -0.827. The molecule has 1 amide bonds. The van der Waals surface area contributed by atoms with Crippen LogP contribution < -0.4 is 16.2 Å². The highest BCUT2D eigenvalue weighted by molar-refractivity contribution is 7.89. The third kappa shape index (κ3) is 4.89. The van der Waals surface area contributed by atoms with E-state index < -0.39 is 15.9 Å². The van der Waals surface area contributed by atoms with Crippen LogP contribution >= 0.6 is 0 Å². The Morgan fingerprint density at radius 3 is 2.82 bits per heavy atom. The molecule has 0 saturated heterocycles. The number of rotatable bonds is 6. The minimum atomic E-state index is -3.58. The van der Waals surface area contributed by atoms with Gasteiger partial charge < -0.3 is 11.1 Å². The minimum Gasteiger partial charge on any atom is -0.350 e. The van der Waals surface area contributed by atoms with E-state index >= 15 is 0 Å². The van der Waals surface area contributed by atoms with Crippen molar-refractivity contribution in [1.29, 1.82) is 0 Å². The molecule has 96 valence electrons. The van der Waals surface area contributed by atoms with Crippen LogP contribution in [-0.4, -0.2) is 48.2 Å². The predicted molar refractivity (Wildman–Crippen MR) is 59.4 cm³/mol. The van der Waals surface area contributed by atoms with Crippen molar-refractivity contribution in [3.63, 3.8) is 0 Å². The van der Waals surface area contributed by atoms with Gasteiger partial charge in [0.2, 0.25) is 10.0 Å². The van der Waals surface area contributed by atoms with Gasteiger partial charge in [-0.1, -0.05) is 5.21 Å². The molecule has 0 aliphatic rings. The summed E-state index contributed by atoms with van der Waals surface area (Å²) in [6.07, 6.45) is 1.43. The minimum absolute atomic E-state index is 0.0680. The average Bonchev–Trinajstić information content (AvgIpc) is 2.65. The Bertz CT molecular complexity index is 482. The first kappa shape index (κ1) is 13.5. The van der Waals surface area contributed by atoms with Gasteiger partial charge in [0.05, 0.1) is 18.5 Å².